The summed E-state index contributed by atoms with van der Waals surface area (Å²) < 4.78 is 3.73. The lowest BCUT2D eigenvalue weighted by Gasteiger charge is -2.05. The van der Waals surface area contributed by atoms with Gasteiger partial charge < -0.3 is 0 Å². The average Bonchev–Trinajstić information content (AvgIpc) is 3.14. The minimum atomic E-state index is 0.449. The summed E-state index contributed by atoms with van der Waals surface area (Å²) in [5.41, 5.74) is 2.47. The van der Waals surface area contributed by atoms with Crippen molar-refractivity contribution in [1.29, 1.82) is 0 Å². The second-order valence-corrected chi connectivity index (χ2v) is 5.24. The molecular formula is C15H14N4O. The SMILES string of the molecule is Cn1nc(C2CC2)c(C=O)c1-n1ccc2cccnc21. The fourth-order valence-corrected chi connectivity index (χ4v) is 2.75. The number of aryl methyl sites for hydroxylation is 1. The first-order chi connectivity index (χ1) is 9.79. The normalized spacial score (nSPS) is 14.8. The zero-order valence-corrected chi connectivity index (χ0v) is 11.2. The van der Waals surface area contributed by atoms with Gasteiger partial charge in [-0.25, -0.2) is 4.98 Å². The molecule has 5 heteroatoms. The van der Waals surface area contributed by atoms with Gasteiger partial charge in [0.1, 0.15) is 11.5 Å². The lowest BCUT2D eigenvalue weighted by Crippen LogP contribution is -2.04. The van der Waals surface area contributed by atoms with E-state index >= 15 is 0 Å². The number of fused-ring (bicyclic) bond motifs is 1. The Morgan fingerprint density at radius 3 is 2.95 bits per heavy atom. The van der Waals surface area contributed by atoms with Crippen molar-refractivity contribution in [2.75, 3.05) is 0 Å². The molecule has 0 saturated heterocycles. The van der Waals surface area contributed by atoms with Crippen LogP contribution in [0.2, 0.25) is 0 Å². The lowest BCUT2D eigenvalue weighted by atomic mass is 10.2. The quantitative estimate of drug-likeness (QED) is 0.684. The molecule has 0 N–H and O–H groups in total. The zero-order valence-electron chi connectivity index (χ0n) is 11.2. The maximum atomic E-state index is 11.5. The summed E-state index contributed by atoms with van der Waals surface area (Å²) in [5.74, 6) is 1.25. The summed E-state index contributed by atoms with van der Waals surface area (Å²) in [6, 6.07) is 5.92. The summed E-state index contributed by atoms with van der Waals surface area (Å²) in [6.45, 7) is 0. The Bertz CT molecular complexity index is 811. The summed E-state index contributed by atoms with van der Waals surface area (Å²) in [6.07, 6.45) is 6.88. The van der Waals surface area contributed by atoms with Crippen molar-refractivity contribution in [1.82, 2.24) is 19.3 Å². The van der Waals surface area contributed by atoms with E-state index in [4.69, 9.17) is 0 Å². The molecule has 3 aromatic heterocycles. The Labute approximate surface area is 115 Å². The van der Waals surface area contributed by atoms with Gasteiger partial charge >= 0.3 is 0 Å². The lowest BCUT2D eigenvalue weighted by molar-refractivity contribution is 0.112. The van der Waals surface area contributed by atoms with E-state index in [0.717, 1.165) is 41.7 Å². The third-order valence-electron chi connectivity index (χ3n) is 3.84. The first kappa shape index (κ1) is 11.4. The summed E-state index contributed by atoms with van der Waals surface area (Å²) in [7, 11) is 1.88. The van der Waals surface area contributed by atoms with Crippen molar-refractivity contribution in [2.45, 2.75) is 18.8 Å². The van der Waals surface area contributed by atoms with Crippen molar-refractivity contribution in [3.63, 3.8) is 0 Å². The molecule has 1 saturated carbocycles. The standard InChI is InChI=1S/C15H14N4O/c1-18-15(12(9-20)13(17-18)10-4-5-10)19-8-6-11-3-2-7-16-14(11)19/h2-3,6-10H,4-5H2,1H3. The molecule has 5 nitrogen and oxygen atoms in total. The van der Waals surface area contributed by atoms with Gasteiger partial charge in [0.2, 0.25) is 0 Å². The molecule has 1 aliphatic carbocycles. The van der Waals surface area contributed by atoms with Gasteiger partial charge in [-0.15, -0.1) is 0 Å². The van der Waals surface area contributed by atoms with Crippen molar-refractivity contribution in [3.8, 4) is 5.82 Å². The third-order valence-corrected chi connectivity index (χ3v) is 3.84. The van der Waals surface area contributed by atoms with Crippen LogP contribution < -0.4 is 0 Å². The summed E-state index contributed by atoms with van der Waals surface area (Å²) >= 11 is 0. The molecule has 0 atom stereocenters. The van der Waals surface area contributed by atoms with Crippen LogP contribution in [0.4, 0.5) is 0 Å². The number of aromatic nitrogens is 4. The van der Waals surface area contributed by atoms with Crippen LogP contribution in [-0.4, -0.2) is 25.6 Å². The first-order valence-electron chi connectivity index (χ1n) is 6.74. The van der Waals surface area contributed by atoms with Gasteiger partial charge in [0.25, 0.3) is 0 Å². The van der Waals surface area contributed by atoms with Crippen LogP contribution in [0.5, 0.6) is 0 Å². The second kappa shape index (κ2) is 4.03. The van der Waals surface area contributed by atoms with Crippen LogP contribution in [0.25, 0.3) is 16.9 Å². The van der Waals surface area contributed by atoms with E-state index in [9.17, 15) is 4.79 Å². The number of nitrogens with zero attached hydrogens (tertiary/aromatic N) is 4. The first-order valence-corrected chi connectivity index (χ1v) is 6.74. The second-order valence-electron chi connectivity index (χ2n) is 5.24. The van der Waals surface area contributed by atoms with Crippen molar-refractivity contribution < 1.29 is 4.79 Å². The Morgan fingerprint density at radius 2 is 2.20 bits per heavy atom. The minimum absolute atomic E-state index is 0.449. The molecule has 0 aromatic carbocycles. The van der Waals surface area contributed by atoms with Crippen molar-refractivity contribution in [2.24, 2.45) is 7.05 Å². The van der Waals surface area contributed by atoms with Crippen LogP contribution in [0.15, 0.2) is 30.6 Å². The van der Waals surface area contributed by atoms with E-state index in [-0.39, 0.29) is 0 Å². The Morgan fingerprint density at radius 1 is 1.35 bits per heavy atom. The number of carbonyl (C=O) groups is 1. The third kappa shape index (κ3) is 1.52. The highest BCUT2D eigenvalue weighted by Crippen LogP contribution is 2.41. The number of pyridine rings is 1. The summed E-state index contributed by atoms with van der Waals surface area (Å²) in [4.78, 5) is 15.9. The minimum Gasteiger partial charge on any atom is -0.298 e. The van der Waals surface area contributed by atoms with Gasteiger partial charge in [0.05, 0.1) is 11.3 Å². The zero-order chi connectivity index (χ0) is 13.7. The van der Waals surface area contributed by atoms with Crippen LogP contribution in [0.1, 0.15) is 34.8 Å². The van der Waals surface area contributed by atoms with E-state index in [1.54, 1.807) is 10.9 Å². The van der Waals surface area contributed by atoms with Gasteiger partial charge in [0, 0.05) is 30.7 Å². The highest BCUT2D eigenvalue weighted by atomic mass is 16.1. The van der Waals surface area contributed by atoms with E-state index in [0.29, 0.717) is 11.5 Å². The average molecular weight is 266 g/mol. The molecule has 1 fully saturated rings. The molecule has 20 heavy (non-hydrogen) atoms. The van der Waals surface area contributed by atoms with Gasteiger partial charge in [-0.3, -0.25) is 14.0 Å². The van der Waals surface area contributed by atoms with E-state index in [2.05, 4.69) is 10.1 Å². The van der Waals surface area contributed by atoms with E-state index in [1.807, 2.05) is 36.0 Å². The maximum Gasteiger partial charge on any atom is 0.155 e. The highest BCUT2D eigenvalue weighted by Gasteiger charge is 2.31. The van der Waals surface area contributed by atoms with Crippen LogP contribution in [-0.2, 0) is 7.05 Å². The number of hydrogen-bond donors (Lipinski definition) is 0. The molecule has 3 aromatic rings. The fourth-order valence-electron chi connectivity index (χ4n) is 2.75. The molecular weight excluding hydrogens is 252 g/mol. The van der Waals surface area contributed by atoms with Gasteiger partial charge in [0.15, 0.2) is 6.29 Å². The van der Waals surface area contributed by atoms with Crippen molar-refractivity contribution in [3.05, 3.63) is 41.9 Å². The van der Waals surface area contributed by atoms with Crippen LogP contribution in [0, 0.1) is 0 Å². The topological polar surface area (TPSA) is 52.7 Å². The van der Waals surface area contributed by atoms with Crippen LogP contribution in [0.3, 0.4) is 0 Å². The molecule has 4 rings (SSSR count). The Kier molecular flexibility index (Phi) is 2.30. The van der Waals surface area contributed by atoms with E-state index < -0.39 is 0 Å². The summed E-state index contributed by atoms with van der Waals surface area (Å²) in [5, 5.41) is 5.60. The van der Waals surface area contributed by atoms with Crippen LogP contribution >= 0.6 is 0 Å². The molecule has 0 amide bonds. The molecule has 0 bridgehead atoms. The van der Waals surface area contributed by atoms with Crippen molar-refractivity contribution >= 4 is 17.3 Å². The molecule has 0 radical (unpaired) electrons. The largest absolute Gasteiger partial charge is 0.298 e. The smallest absolute Gasteiger partial charge is 0.155 e. The molecule has 3 heterocycles. The molecule has 0 unspecified atom stereocenters. The molecule has 100 valence electrons. The monoisotopic (exact) mass is 266 g/mol. The number of carbonyl (C=O) groups excluding carboxylic acids is 1. The highest BCUT2D eigenvalue weighted by molar-refractivity contribution is 5.85. The Balaban J connectivity index is 2.00. The molecule has 0 aliphatic heterocycles. The van der Waals surface area contributed by atoms with Gasteiger partial charge in [-0.2, -0.15) is 5.10 Å². The van der Waals surface area contributed by atoms with Gasteiger partial charge in [-0.05, 0) is 31.0 Å². The Hall–Kier alpha value is -2.43. The fraction of sp³-hybridized carbons (Fsp3) is 0.267. The predicted octanol–water partition coefficient (Wildman–Crippen LogP) is 2.45. The van der Waals surface area contributed by atoms with E-state index in [1.165, 1.54) is 0 Å². The number of hydrogen-bond acceptors (Lipinski definition) is 3. The number of aldehydes is 1. The van der Waals surface area contributed by atoms with Gasteiger partial charge in [-0.1, -0.05) is 0 Å². The molecule has 0 spiro atoms. The number of rotatable bonds is 3. The molecule has 1 aliphatic rings. The maximum absolute atomic E-state index is 11.5. The predicted molar refractivity (Wildman–Crippen MR) is 75.2 cm³/mol.